The highest BCUT2D eigenvalue weighted by Gasteiger charge is 2.21. The molecule has 5 aromatic rings. The Balaban J connectivity index is 1.53. The van der Waals surface area contributed by atoms with Crippen LogP contribution in [0.15, 0.2) is 108 Å². The molecular formula is C29H24N2O4S. The summed E-state index contributed by atoms with van der Waals surface area (Å²) < 4.78 is 36.5. The van der Waals surface area contributed by atoms with Crippen LogP contribution in [0.4, 0.5) is 0 Å². The number of hydrogen-bond donors (Lipinski definition) is 1. The molecule has 0 radical (unpaired) electrons. The van der Waals surface area contributed by atoms with E-state index in [1.807, 2.05) is 67.6 Å². The molecule has 0 saturated carbocycles. The Morgan fingerprint density at radius 1 is 0.722 bits per heavy atom. The third-order valence-corrected chi connectivity index (χ3v) is 7.01. The Kier molecular flexibility index (Phi) is 6.31. The predicted octanol–water partition coefficient (Wildman–Crippen LogP) is 6.50. The standard InChI is InChI=1S/C29H24N2O4S/c1-20-13-16-24(17-14-20)36(32,33)35-25-18-15-23(19-26(25)34-2)29-30-27(21-9-5-3-6-10-21)28(31-29)22-11-7-4-8-12-22/h3-19H,1-2H3,(H,30,31). The minimum atomic E-state index is -4.02. The first-order chi connectivity index (χ1) is 17.4. The van der Waals surface area contributed by atoms with E-state index in [-0.39, 0.29) is 16.4 Å². The summed E-state index contributed by atoms with van der Waals surface area (Å²) in [6, 6.07) is 31.4. The van der Waals surface area contributed by atoms with Crippen molar-refractivity contribution in [1.82, 2.24) is 9.97 Å². The molecule has 7 heteroatoms. The molecule has 4 aromatic carbocycles. The first-order valence-electron chi connectivity index (χ1n) is 11.3. The van der Waals surface area contributed by atoms with Gasteiger partial charge in [0.2, 0.25) is 0 Å². The molecule has 0 fully saturated rings. The van der Waals surface area contributed by atoms with Crippen molar-refractivity contribution in [3.05, 3.63) is 109 Å². The molecule has 0 atom stereocenters. The van der Waals surface area contributed by atoms with E-state index < -0.39 is 10.1 Å². The topological polar surface area (TPSA) is 81.3 Å². The lowest BCUT2D eigenvalue weighted by Crippen LogP contribution is -2.10. The zero-order chi connectivity index (χ0) is 25.1. The normalized spacial score (nSPS) is 11.3. The van der Waals surface area contributed by atoms with Crippen molar-refractivity contribution in [3.8, 4) is 45.4 Å². The third-order valence-electron chi connectivity index (χ3n) is 5.76. The second kappa shape index (κ2) is 9.71. The third kappa shape index (κ3) is 4.74. The van der Waals surface area contributed by atoms with Gasteiger partial charge in [-0.2, -0.15) is 8.42 Å². The molecule has 1 aromatic heterocycles. The van der Waals surface area contributed by atoms with Crippen molar-refractivity contribution >= 4 is 10.1 Å². The summed E-state index contributed by atoms with van der Waals surface area (Å²) in [6.45, 7) is 1.89. The minimum Gasteiger partial charge on any atom is -0.493 e. The van der Waals surface area contributed by atoms with Gasteiger partial charge in [-0.3, -0.25) is 0 Å². The molecule has 36 heavy (non-hydrogen) atoms. The monoisotopic (exact) mass is 496 g/mol. The molecule has 0 aliphatic heterocycles. The number of rotatable bonds is 7. The van der Waals surface area contributed by atoms with Crippen molar-refractivity contribution < 1.29 is 17.3 Å². The van der Waals surface area contributed by atoms with Gasteiger partial charge in [-0.15, -0.1) is 0 Å². The molecule has 1 N–H and O–H groups in total. The summed E-state index contributed by atoms with van der Waals surface area (Å²) in [5.41, 5.74) is 5.38. The van der Waals surface area contributed by atoms with Crippen molar-refractivity contribution in [2.24, 2.45) is 0 Å². The number of H-pyrrole nitrogens is 1. The van der Waals surface area contributed by atoms with Crippen LogP contribution >= 0.6 is 0 Å². The Bertz CT molecular complexity index is 1540. The van der Waals surface area contributed by atoms with E-state index >= 15 is 0 Å². The van der Waals surface area contributed by atoms with Crippen molar-refractivity contribution in [2.75, 3.05) is 7.11 Å². The van der Waals surface area contributed by atoms with Gasteiger partial charge in [-0.05, 0) is 37.3 Å². The van der Waals surface area contributed by atoms with Crippen LogP contribution in [0.25, 0.3) is 33.9 Å². The summed E-state index contributed by atoms with van der Waals surface area (Å²) in [5.74, 6) is 1.00. The highest BCUT2D eigenvalue weighted by atomic mass is 32.2. The first kappa shape index (κ1) is 23.4. The maximum Gasteiger partial charge on any atom is 0.339 e. The van der Waals surface area contributed by atoms with Crippen LogP contribution in [0.3, 0.4) is 0 Å². The smallest absolute Gasteiger partial charge is 0.339 e. The van der Waals surface area contributed by atoms with E-state index in [0.29, 0.717) is 5.82 Å². The molecule has 0 bridgehead atoms. The van der Waals surface area contributed by atoms with E-state index in [4.69, 9.17) is 13.9 Å². The van der Waals surface area contributed by atoms with Crippen LogP contribution in [0.5, 0.6) is 11.5 Å². The molecule has 1 heterocycles. The number of aryl methyl sites for hydroxylation is 1. The number of imidazole rings is 1. The Hall–Kier alpha value is -4.36. The summed E-state index contributed by atoms with van der Waals surface area (Å²) in [5, 5.41) is 0. The number of methoxy groups -OCH3 is 1. The highest BCUT2D eigenvalue weighted by Crippen LogP contribution is 2.37. The quantitative estimate of drug-likeness (QED) is 0.260. The van der Waals surface area contributed by atoms with Crippen LogP contribution in [-0.4, -0.2) is 25.5 Å². The van der Waals surface area contributed by atoms with Gasteiger partial charge in [0.05, 0.1) is 18.5 Å². The Labute approximate surface area is 210 Å². The number of benzene rings is 4. The highest BCUT2D eigenvalue weighted by molar-refractivity contribution is 7.87. The molecule has 0 aliphatic carbocycles. The predicted molar refractivity (Wildman–Crippen MR) is 140 cm³/mol. The first-order valence-corrected chi connectivity index (χ1v) is 12.8. The van der Waals surface area contributed by atoms with Crippen LogP contribution in [0, 0.1) is 6.92 Å². The zero-order valence-electron chi connectivity index (χ0n) is 19.8. The maximum absolute atomic E-state index is 12.8. The largest absolute Gasteiger partial charge is 0.493 e. The van der Waals surface area contributed by atoms with Crippen LogP contribution < -0.4 is 8.92 Å². The zero-order valence-corrected chi connectivity index (χ0v) is 20.6. The van der Waals surface area contributed by atoms with Crippen molar-refractivity contribution in [3.63, 3.8) is 0 Å². The molecule has 5 rings (SSSR count). The number of nitrogens with one attached hydrogen (secondary N) is 1. The second-order valence-electron chi connectivity index (χ2n) is 8.26. The van der Waals surface area contributed by atoms with Gasteiger partial charge in [0.15, 0.2) is 11.5 Å². The fraction of sp³-hybridized carbons (Fsp3) is 0.0690. The van der Waals surface area contributed by atoms with E-state index in [1.165, 1.54) is 19.2 Å². The Morgan fingerprint density at radius 3 is 2.00 bits per heavy atom. The summed E-state index contributed by atoms with van der Waals surface area (Å²) >= 11 is 0. The molecule has 0 saturated heterocycles. The molecule has 0 spiro atoms. The van der Waals surface area contributed by atoms with E-state index in [2.05, 4.69) is 4.98 Å². The lowest BCUT2D eigenvalue weighted by Gasteiger charge is -2.12. The molecule has 180 valence electrons. The lowest BCUT2D eigenvalue weighted by molar-refractivity contribution is 0.390. The van der Waals surface area contributed by atoms with Crippen LogP contribution in [0.2, 0.25) is 0 Å². The SMILES string of the molecule is COc1cc(-c2nc(-c3ccccc3)c(-c3ccccc3)[nH]2)ccc1OS(=O)(=O)c1ccc(C)cc1. The fourth-order valence-electron chi connectivity index (χ4n) is 3.88. The number of hydrogen-bond acceptors (Lipinski definition) is 5. The van der Waals surface area contributed by atoms with Crippen molar-refractivity contribution in [2.45, 2.75) is 11.8 Å². The van der Waals surface area contributed by atoms with Gasteiger partial charge < -0.3 is 13.9 Å². The summed E-state index contributed by atoms with van der Waals surface area (Å²) in [4.78, 5) is 8.40. The van der Waals surface area contributed by atoms with Crippen molar-refractivity contribution in [1.29, 1.82) is 0 Å². The molecule has 0 aliphatic rings. The Morgan fingerprint density at radius 2 is 1.36 bits per heavy atom. The number of nitrogens with zero attached hydrogens (tertiary/aromatic N) is 1. The molecule has 0 amide bonds. The maximum atomic E-state index is 12.8. The van der Waals surface area contributed by atoms with Gasteiger partial charge in [-0.25, -0.2) is 4.98 Å². The van der Waals surface area contributed by atoms with E-state index in [9.17, 15) is 8.42 Å². The summed E-state index contributed by atoms with van der Waals surface area (Å²) in [7, 11) is -2.55. The van der Waals surface area contributed by atoms with Gasteiger partial charge in [0.1, 0.15) is 10.7 Å². The number of aromatic amines is 1. The second-order valence-corrected chi connectivity index (χ2v) is 9.80. The van der Waals surface area contributed by atoms with Gasteiger partial charge >= 0.3 is 10.1 Å². The summed E-state index contributed by atoms with van der Waals surface area (Å²) in [6.07, 6.45) is 0. The van der Waals surface area contributed by atoms with E-state index in [1.54, 1.807) is 30.3 Å². The molecular weight excluding hydrogens is 472 g/mol. The molecule has 0 unspecified atom stereocenters. The fourth-order valence-corrected chi connectivity index (χ4v) is 4.82. The van der Waals surface area contributed by atoms with Crippen LogP contribution in [0.1, 0.15) is 5.56 Å². The van der Waals surface area contributed by atoms with E-state index in [0.717, 1.165) is 33.6 Å². The average Bonchev–Trinajstić information content (AvgIpc) is 3.36. The lowest BCUT2D eigenvalue weighted by atomic mass is 10.1. The average molecular weight is 497 g/mol. The van der Waals surface area contributed by atoms with Crippen LogP contribution in [-0.2, 0) is 10.1 Å². The van der Waals surface area contributed by atoms with Gasteiger partial charge in [0, 0.05) is 16.7 Å². The van der Waals surface area contributed by atoms with Gasteiger partial charge in [0.25, 0.3) is 0 Å². The number of ether oxygens (including phenoxy) is 1. The molecule has 6 nitrogen and oxygen atoms in total. The van der Waals surface area contributed by atoms with Gasteiger partial charge in [-0.1, -0.05) is 78.4 Å². The number of aromatic nitrogens is 2. The minimum absolute atomic E-state index is 0.0743.